The monoisotopic (exact) mass is 343 g/mol. The summed E-state index contributed by atoms with van der Waals surface area (Å²) in [4.78, 5) is 26.5. The molecule has 5 nitrogen and oxygen atoms in total. The van der Waals surface area contributed by atoms with Crippen LogP contribution in [-0.2, 0) is 6.54 Å². The summed E-state index contributed by atoms with van der Waals surface area (Å²) < 4.78 is 1.87. The number of urea groups is 1. The highest BCUT2D eigenvalue weighted by molar-refractivity contribution is 6.30. The van der Waals surface area contributed by atoms with E-state index in [1.807, 2.05) is 15.5 Å². The topological polar surface area (TPSA) is 54.3 Å². The van der Waals surface area contributed by atoms with Gasteiger partial charge in [0.05, 0.1) is 0 Å². The van der Waals surface area contributed by atoms with Crippen molar-refractivity contribution < 1.29 is 4.79 Å². The Labute approximate surface area is 144 Å². The van der Waals surface area contributed by atoms with Gasteiger partial charge in [-0.05, 0) is 42.7 Å². The number of halogens is 1. The Bertz CT molecular complexity index is 831. The molecule has 124 valence electrons. The number of piperidine rings is 1. The first-order valence-electron chi connectivity index (χ1n) is 8.11. The highest BCUT2D eigenvalue weighted by atomic mass is 35.5. The summed E-state index contributed by atoms with van der Waals surface area (Å²) in [6, 6.07) is 12.4. The second-order valence-corrected chi connectivity index (χ2v) is 6.98. The first-order valence-corrected chi connectivity index (χ1v) is 8.49. The summed E-state index contributed by atoms with van der Waals surface area (Å²) >= 11 is 5.87. The van der Waals surface area contributed by atoms with Crippen molar-refractivity contribution in [2.75, 3.05) is 18.4 Å². The number of pyridine rings is 1. The number of rotatable bonds is 1. The van der Waals surface area contributed by atoms with Crippen LogP contribution in [0.1, 0.15) is 18.0 Å². The summed E-state index contributed by atoms with van der Waals surface area (Å²) in [5, 5.41) is 3.56. The van der Waals surface area contributed by atoms with E-state index in [0.29, 0.717) is 30.6 Å². The molecule has 0 spiro atoms. The molecule has 0 unspecified atom stereocenters. The van der Waals surface area contributed by atoms with E-state index in [1.54, 1.807) is 36.4 Å². The average Bonchev–Trinajstić information content (AvgIpc) is 2.58. The Morgan fingerprint density at radius 2 is 1.88 bits per heavy atom. The highest BCUT2D eigenvalue weighted by Crippen LogP contribution is 2.35. The van der Waals surface area contributed by atoms with Crippen molar-refractivity contribution in [2.24, 2.45) is 5.92 Å². The molecule has 24 heavy (non-hydrogen) atoms. The third-order valence-corrected chi connectivity index (χ3v) is 5.11. The molecule has 0 radical (unpaired) electrons. The van der Waals surface area contributed by atoms with Gasteiger partial charge in [0, 0.05) is 48.0 Å². The SMILES string of the molecule is O=C(Nc1ccc(Cl)cc1)N1C[C@@H]2C[C@H](C1)c1cccc(=O)n1C2. The third kappa shape index (κ3) is 2.80. The van der Waals surface area contributed by atoms with Crippen LogP contribution in [0.15, 0.2) is 47.3 Å². The van der Waals surface area contributed by atoms with Crippen molar-refractivity contribution >= 4 is 23.3 Å². The van der Waals surface area contributed by atoms with Gasteiger partial charge < -0.3 is 14.8 Å². The molecule has 1 N–H and O–H groups in total. The van der Waals surface area contributed by atoms with Gasteiger partial charge in [-0.3, -0.25) is 4.79 Å². The zero-order valence-corrected chi connectivity index (χ0v) is 13.9. The second-order valence-electron chi connectivity index (χ2n) is 6.54. The maximum Gasteiger partial charge on any atom is 0.321 e. The molecule has 0 aliphatic carbocycles. The Balaban J connectivity index is 1.52. The van der Waals surface area contributed by atoms with Crippen LogP contribution >= 0.6 is 11.6 Å². The minimum Gasteiger partial charge on any atom is -0.324 e. The van der Waals surface area contributed by atoms with Gasteiger partial charge in [-0.1, -0.05) is 17.7 Å². The molecule has 0 saturated carbocycles. The maximum atomic E-state index is 12.6. The normalized spacial score (nSPS) is 22.0. The fourth-order valence-corrected chi connectivity index (χ4v) is 3.92. The minimum atomic E-state index is -0.0984. The van der Waals surface area contributed by atoms with Crippen LogP contribution < -0.4 is 10.9 Å². The number of nitrogens with zero attached hydrogens (tertiary/aromatic N) is 2. The predicted octanol–water partition coefficient (Wildman–Crippen LogP) is 3.15. The fraction of sp³-hybridized carbons (Fsp3) is 0.333. The Hall–Kier alpha value is -2.27. The number of hydrogen-bond donors (Lipinski definition) is 1. The number of carbonyl (C=O) groups is 1. The molecule has 3 heterocycles. The number of nitrogens with one attached hydrogen (secondary N) is 1. The minimum absolute atomic E-state index is 0.0567. The van der Waals surface area contributed by atoms with E-state index in [-0.39, 0.29) is 17.5 Å². The summed E-state index contributed by atoms with van der Waals surface area (Å²) in [7, 11) is 0. The zero-order chi connectivity index (χ0) is 16.7. The maximum absolute atomic E-state index is 12.6. The lowest BCUT2D eigenvalue weighted by Gasteiger charge is -2.42. The van der Waals surface area contributed by atoms with Gasteiger partial charge in [-0.25, -0.2) is 4.79 Å². The lowest BCUT2D eigenvalue weighted by Crippen LogP contribution is -2.50. The molecule has 2 bridgehead atoms. The van der Waals surface area contributed by atoms with Crippen LogP contribution in [0.5, 0.6) is 0 Å². The third-order valence-electron chi connectivity index (χ3n) is 4.86. The number of hydrogen-bond acceptors (Lipinski definition) is 2. The standard InChI is InChI=1S/C18H18ClN3O2/c19-14-4-6-15(7-5-14)20-18(24)21-9-12-8-13(11-21)16-2-1-3-17(23)22(16)10-12/h1-7,12-13H,8-11H2,(H,20,24)/t12-,13+/m0/s1. The number of amides is 2. The summed E-state index contributed by atoms with van der Waals surface area (Å²) in [6.07, 6.45) is 1.04. The van der Waals surface area contributed by atoms with Crippen LogP contribution in [0.2, 0.25) is 5.02 Å². The van der Waals surface area contributed by atoms with E-state index in [0.717, 1.165) is 17.8 Å². The molecule has 2 amide bonds. The summed E-state index contributed by atoms with van der Waals surface area (Å²) in [5.74, 6) is 0.551. The molecule has 1 aromatic carbocycles. The molecule has 2 aromatic rings. The quantitative estimate of drug-likeness (QED) is 0.864. The van der Waals surface area contributed by atoms with Crippen LogP contribution in [0.4, 0.5) is 10.5 Å². The molecule has 6 heteroatoms. The van der Waals surface area contributed by atoms with E-state index in [9.17, 15) is 9.59 Å². The Morgan fingerprint density at radius 3 is 2.67 bits per heavy atom. The van der Waals surface area contributed by atoms with Gasteiger partial charge in [0.1, 0.15) is 0 Å². The van der Waals surface area contributed by atoms with Crippen LogP contribution in [0, 0.1) is 5.92 Å². The number of benzene rings is 1. The highest BCUT2D eigenvalue weighted by Gasteiger charge is 2.36. The first kappa shape index (κ1) is 15.3. The molecule has 1 fully saturated rings. The largest absolute Gasteiger partial charge is 0.324 e. The lowest BCUT2D eigenvalue weighted by molar-refractivity contribution is 0.139. The number of fused-ring (bicyclic) bond motifs is 4. The van der Waals surface area contributed by atoms with Crippen LogP contribution in [-0.4, -0.2) is 28.6 Å². The Kier molecular flexibility index (Phi) is 3.81. The van der Waals surface area contributed by atoms with E-state index in [4.69, 9.17) is 11.6 Å². The van der Waals surface area contributed by atoms with Crippen LogP contribution in [0.25, 0.3) is 0 Å². The van der Waals surface area contributed by atoms with Gasteiger partial charge in [0.2, 0.25) is 0 Å². The number of aromatic nitrogens is 1. The fourth-order valence-electron chi connectivity index (χ4n) is 3.80. The zero-order valence-electron chi connectivity index (χ0n) is 13.1. The first-order chi connectivity index (χ1) is 11.6. The van der Waals surface area contributed by atoms with Gasteiger partial charge in [0.15, 0.2) is 0 Å². The van der Waals surface area contributed by atoms with Gasteiger partial charge in [-0.2, -0.15) is 0 Å². The molecule has 2 aliphatic heterocycles. The number of likely N-dealkylation sites (tertiary alicyclic amines) is 1. The van der Waals surface area contributed by atoms with Crippen molar-refractivity contribution in [3.05, 3.63) is 63.5 Å². The van der Waals surface area contributed by atoms with E-state index in [2.05, 4.69) is 5.32 Å². The van der Waals surface area contributed by atoms with Crippen LogP contribution in [0.3, 0.4) is 0 Å². The number of anilines is 1. The molecule has 2 atom stereocenters. The Morgan fingerprint density at radius 1 is 1.08 bits per heavy atom. The second kappa shape index (κ2) is 5.98. The average molecular weight is 344 g/mol. The van der Waals surface area contributed by atoms with E-state index < -0.39 is 0 Å². The number of carbonyl (C=O) groups excluding carboxylic acids is 1. The molecular weight excluding hydrogens is 326 g/mol. The molecule has 1 saturated heterocycles. The van der Waals surface area contributed by atoms with Gasteiger partial charge >= 0.3 is 6.03 Å². The van der Waals surface area contributed by atoms with E-state index in [1.165, 1.54) is 0 Å². The van der Waals surface area contributed by atoms with Crippen molar-refractivity contribution in [3.63, 3.8) is 0 Å². The van der Waals surface area contributed by atoms with Gasteiger partial charge in [-0.15, -0.1) is 0 Å². The smallest absolute Gasteiger partial charge is 0.321 e. The van der Waals surface area contributed by atoms with Crippen molar-refractivity contribution in [2.45, 2.75) is 18.9 Å². The van der Waals surface area contributed by atoms with Gasteiger partial charge in [0.25, 0.3) is 5.56 Å². The summed E-state index contributed by atoms with van der Waals surface area (Å²) in [5.41, 5.74) is 1.83. The van der Waals surface area contributed by atoms with Crippen molar-refractivity contribution in [1.82, 2.24) is 9.47 Å². The molecule has 1 aromatic heterocycles. The molecular formula is C18H18ClN3O2. The molecule has 2 aliphatic rings. The molecule has 4 rings (SSSR count). The predicted molar refractivity (Wildman–Crippen MR) is 93.6 cm³/mol. The lowest BCUT2D eigenvalue weighted by atomic mass is 9.83. The summed E-state index contributed by atoms with van der Waals surface area (Å²) in [6.45, 7) is 2.01. The van der Waals surface area contributed by atoms with Crippen molar-refractivity contribution in [3.8, 4) is 0 Å². The van der Waals surface area contributed by atoms with E-state index >= 15 is 0 Å². The van der Waals surface area contributed by atoms with Crippen molar-refractivity contribution in [1.29, 1.82) is 0 Å².